The molecule has 1 aromatic heterocycles. The predicted octanol–water partition coefficient (Wildman–Crippen LogP) is 1.77. The monoisotopic (exact) mass is 429 g/mol. The molecule has 8 nitrogen and oxygen atoms in total. The first-order chi connectivity index (χ1) is 14.7. The first-order valence-electron chi connectivity index (χ1n) is 9.61. The van der Waals surface area contributed by atoms with Crippen molar-refractivity contribution in [2.24, 2.45) is 0 Å². The largest absolute Gasteiger partial charge is 0.462 e. The maximum Gasteiger partial charge on any atom is 0.279 e. The van der Waals surface area contributed by atoms with Crippen molar-refractivity contribution >= 4 is 23.2 Å². The number of ketones is 2. The molecule has 3 heterocycles. The van der Waals surface area contributed by atoms with Gasteiger partial charge in [0.25, 0.3) is 11.5 Å². The molecule has 4 rings (SSSR count). The quantitative estimate of drug-likeness (QED) is 0.550. The fourth-order valence-electron chi connectivity index (χ4n) is 3.94. The molecule has 0 bridgehead atoms. The number of furan rings is 1. The van der Waals surface area contributed by atoms with Gasteiger partial charge in [-0.25, -0.2) is 4.39 Å². The summed E-state index contributed by atoms with van der Waals surface area (Å²) in [6.45, 7) is 3.30. The number of aliphatic hydroxyl groups excluding tert-OH is 1. The molecule has 3 atom stereocenters. The number of amides is 1. The molecule has 0 aliphatic carbocycles. The number of ether oxygens (including phenoxy) is 2. The van der Waals surface area contributed by atoms with Crippen molar-refractivity contribution in [2.75, 3.05) is 7.11 Å². The van der Waals surface area contributed by atoms with Crippen molar-refractivity contribution in [1.29, 1.82) is 0 Å². The summed E-state index contributed by atoms with van der Waals surface area (Å²) in [4.78, 5) is 39.3. The van der Waals surface area contributed by atoms with Gasteiger partial charge in [-0.3, -0.25) is 14.4 Å². The highest BCUT2D eigenvalue weighted by molar-refractivity contribution is 6.25. The lowest BCUT2D eigenvalue weighted by molar-refractivity contribution is -0.156. The van der Waals surface area contributed by atoms with E-state index in [4.69, 9.17) is 13.9 Å². The summed E-state index contributed by atoms with van der Waals surface area (Å²) in [6.07, 6.45) is -1.51. The maximum absolute atomic E-state index is 14.3. The van der Waals surface area contributed by atoms with Gasteiger partial charge in [-0.2, -0.15) is 0 Å². The molecule has 162 valence electrons. The number of methoxy groups -OCH3 is 1. The number of aryl methyl sites for hydroxylation is 1. The number of nitrogens with one attached hydrogen (secondary N) is 1. The number of Topliss-reactive ketones (excluding diaryl/α,β-unsaturated/α-hetero) is 2. The second-order valence-corrected chi connectivity index (χ2v) is 7.35. The van der Waals surface area contributed by atoms with Crippen molar-refractivity contribution in [3.63, 3.8) is 0 Å². The maximum atomic E-state index is 14.3. The molecule has 2 N–H and O–H groups in total. The van der Waals surface area contributed by atoms with Gasteiger partial charge in [0.1, 0.15) is 11.6 Å². The number of aliphatic hydroxyl groups is 1. The highest BCUT2D eigenvalue weighted by Gasteiger charge is 2.74. The van der Waals surface area contributed by atoms with E-state index in [9.17, 15) is 23.9 Å². The van der Waals surface area contributed by atoms with Crippen LogP contribution in [0, 0.1) is 5.82 Å². The molecule has 2 aliphatic heterocycles. The Hall–Kier alpha value is -3.30. The molecule has 0 unspecified atom stereocenters. The highest BCUT2D eigenvalue weighted by atomic mass is 19.1. The van der Waals surface area contributed by atoms with E-state index in [0.29, 0.717) is 12.2 Å². The second kappa shape index (κ2) is 7.14. The van der Waals surface area contributed by atoms with Gasteiger partial charge in [-0.05, 0) is 31.2 Å². The molecular weight excluding hydrogens is 409 g/mol. The number of carbonyl (C=O) groups is 3. The van der Waals surface area contributed by atoms with Crippen molar-refractivity contribution in [2.45, 2.75) is 37.7 Å². The lowest BCUT2D eigenvalue weighted by Crippen LogP contribution is -2.60. The van der Waals surface area contributed by atoms with E-state index in [-0.39, 0.29) is 17.1 Å². The lowest BCUT2D eigenvalue weighted by atomic mass is 9.85. The Morgan fingerprint density at radius 2 is 1.97 bits per heavy atom. The fraction of sp³-hybridized carbons (Fsp3) is 0.318. The molecule has 0 saturated carbocycles. The Labute approximate surface area is 176 Å². The molecule has 2 aliphatic rings. The normalized spacial score (nSPS) is 27.7. The SMILES string of the molecule is CCc1ccc(C2=C(C)C(=O)[C@@]3(O2)C(=O)N[C@@](OC)(C(=O)c2ccccc2F)[C@@H]3O)o1. The standard InChI is InChI=1S/C22H20FNO7/c1-4-12-9-10-15(30-12)16-11(2)17(25)21(31-16)19(27)22(29-3,24-20(21)28)18(26)13-7-5-6-8-14(13)23/h5-10,19,27H,4H2,1-3H3,(H,24,28)/t19-,21+,22-/m1/s1. The van der Waals surface area contributed by atoms with Gasteiger partial charge in [0.05, 0.1) is 5.56 Å². The van der Waals surface area contributed by atoms with Crippen LogP contribution in [0.2, 0.25) is 0 Å². The summed E-state index contributed by atoms with van der Waals surface area (Å²) < 4.78 is 30.8. The van der Waals surface area contributed by atoms with Crippen LogP contribution in [0.4, 0.5) is 4.39 Å². The minimum Gasteiger partial charge on any atom is -0.462 e. The van der Waals surface area contributed by atoms with Crippen LogP contribution >= 0.6 is 0 Å². The summed E-state index contributed by atoms with van der Waals surface area (Å²) in [7, 11) is 1.06. The van der Waals surface area contributed by atoms with E-state index in [2.05, 4.69) is 5.32 Å². The number of benzene rings is 1. The summed E-state index contributed by atoms with van der Waals surface area (Å²) in [5.74, 6) is -3.04. The summed E-state index contributed by atoms with van der Waals surface area (Å²) in [5, 5.41) is 13.4. The Morgan fingerprint density at radius 1 is 1.26 bits per heavy atom. The predicted molar refractivity (Wildman–Crippen MR) is 104 cm³/mol. The zero-order valence-corrected chi connectivity index (χ0v) is 17.0. The topological polar surface area (TPSA) is 115 Å². The zero-order valence-electron chi connectivity index (χ0n) is 17.0. The third-order valence-corrected chi connectivity index (χ3v) is 5.70. The van der Waals surface area contributed by atoms with Crippen LogP contribution in [0.25, 0.3) is 5.76 Å². The van der Waals surface area contributed by atoms with Crippen molar-refractivity contribution < 1.29 is 37.8 Å². The number of carbonyl (C=O) groups excluding carboxylic acids is 3. The minimum atomic E-state index is -2.48. The second-order valence-electron chi connectivity index (χ2n) is 7.35. The average Bonchev–Trinajstić information content (AvgIpc) is 3.41. The lowest BCUT2D eigenvalue weighted by Gasteiger charge is -2.32. The Balaban J connectivity index is 1.77. The molecule has 9 heteroatoms. The minimum absolute atomic E-state index is 0.0239. The smallest absolute Gasteiger partial charge is 0.279 e. The average molecular weight is 429 g/mol. The molecule has 1 aromatic carbocycles. The van der Waals surface area contributed by atoms with E-state index in [1.165, 1.54) is 25.1 Å². The molecule has 1 amide bonds. The van der Waals surface area contributed by atoms with Gasteiger partial charge < -0.3 is 24.3 Å². The molecule has 1 spiro atoms. The summed E-state index contributed by atoms with van der Waals surface area (Å²) >= 11 is 0. The Bertz CT molecular complexity index is 1140. The van der Waals surface area contributed by atoms with Gasteiger partial charge in [0.2, 0.25) is 17.3 Å². The van der Waals surface area contributed by atoms with Gasteiger partial charge in [0, 0.05) is 19.1 Å². The number of hydrogen-bond acceptors (Lipinski definition) is 7. The van der Waals surface area contributed by atoms with Crippen molar-refractivity contribution in [1.82, 2.24) is 5.32 Å². The molecule has 0 radical (unpaired) electrons. The fourth-order valence-corrected chi connectivity index (χ4v) is 3.94. The third-order valence-electron chi connectivity index (χ3n) is 5.70. The van der Waals surface area contributed by atoms with E-state index < -0.39 is 46.3 Å². The van der Waals surface area contributed by atoms with Gasteiger partial charge in [-0.15, -0.1) is 0 Å². The third kappa shape index (κ3) is 2.70. The first-order valence-corrected chi connectivity index (χ1v) is 9.61. The number of rotatable bonds is 5. The summed E-state index contributed by atoms with van der Waals surface area (Å²) in [6, 6.07) is 8.32. The highest BCUT2D eigenvalue weighted by Crippen LogP contribution is 2.46. The van der Waals surface area contributed by atoms with Crippen LogP contribution < -0.4 is 5.32 Å². The van der Waals surface area contributed by atoms with Crippen LogP contribution in [0.1, 0.15) is 35.7 Å². The van der Waals surface area contributed by atoms with Crippen LogP contribution in [-0.4, -0.2) is 47.1 Å². The van der Waals surface area contributed by atoms with Crippen LogP contribution in [-0.2, 0) is 25.5 Å². The molecular formula is C22H20FNO7. The molecule has 1 fully saturated rings. The van der Waals surface area contributed by atoms with E-state index in [1.54, 1.807) is 12.1 Å². The Kier molecular flexibility index (Phi) is 4.83. The molecule has 31 heavy (non-hydrogen) atoms. The molecule has 2 aromatic rings. The Morgan fingerprint density at radius 3 is 2.58 bits per heavy atom. The van der Waals surface area contributed by atoms with E-state index >= 15 is 0 Å². The number of halogens is 1. The molecule has 1 saturated heterocycles. The van der Waals surface area contributed by atoms with Crippen molar-refractivity contribution in [3.05, 3.63) is 64.9 Å². The van der Waals surface area contributed by atoms with Gasteiger partial charge >= 0.3 is 0 Å². The first kappa shape index (κ1) is 21.0. The van der Waals surface area contributed by atoms with Gasteiger partial charge in [-0.1, -0.05) is 19.1 Å². The van der Waals surface area contributed by atoms with Crippen LogP contribution in [0.15, 0.2) is 46.4 Å². The van der Waals surface area contributed by atoms with Gasteiger partial charge in [0.15, 0.2) is 17.6 Å². The van der Waals surface area contributed by atoms with Crippen LogP contribution in [0.3, 0.4) is 0 Å². The van der Waals surface area contributed by atoms with Crippen LogP contribution in [0.5, 0.6) is 0 Å². The number of hydrogen-bond donors (Lipinski definition) is 2. The van der Waals surface area contributed by atoms with E-state index in [0.717, 1.165) is 13.2 Å². The zero-order chi connectivity index (χ0) is 22.6. The van der Waals surface area contributed by atoms with Crippen molar-refractivity contribution in [3.8, 4) is 0 Å². The summed E-state index contributed by atoms with van der Waals surface area (Å²) in [5.41, 5.74) is -5.29. The van der Waals surface area contributed by atoms with E-state index in [1.807, 2.05) is 6.92 Å².